The van der Waals surface area contributed by atoms with Gasteiger partial charge in [0.05, 0.1) is 17.5 Å². The molecule has 1 aliphatic carbocycles. The molecule has 1 unspecified atom stereocenters. The van der Waals surface area contributed by atoms with Gasteiger partial charge in [0.25, 0.3) is 5.56 Å². The van der Waals surface area contributed by atoms with Gasteiger partial charge in [0.2, 0.25) is 0 Å². The first-order valence-electron chi connectivity index (χ1n) is 8.39. The normalized spacial score (nSPS) is 19.4. The van der Waals surface area contributed by atoms with Crippen LogP contribution in [0.4, 0.5) is 5.82 Å². The van der Waals surface area contributed by atoms with Crippen LogP contribution in [0.25, 0.3) is 10.9 Å². The SMILES string of the molecule is CN(C)[C@H]1c2ccccc2CC1Nc1nn(C)c(=O)c2cccnc12. The van der Waals surface area contributed by atoms with Crippen molar-refractivity contribution in [1.29, 1.82) is 0 Å². The van der Waals surface area contributed by atoms with Crippen molar-refractivity contribution in [2.75, 3.05) is 19.4 Å². The summed E-state index contributed by atoms with van der Waals surface area (Å²) in [5, 5.41) is 8.57. The number of benzene rings is 1. The molecule has 128 valence electrons. The molecule has 3 aromatic rings. The zero-order valence-corrected chi connectivity index (χ0v) is 14.6. The molecule has 1 aliphatic rings. The van der Waals surface area contributed by atoms with E-state index in [-0.39, 0.29) is 17.6 Å². The van der Waals surface area contributed by atoms with Crippen LogP contribution in [-0.2, 0) is 13.5 Å². The van der Waals surface area contributed by atoms with E-state index < -0.39 is 0 Å². The van der Waals surface area contributed by atoms with Gasteiger partial charge in [0.1, 0.15) is 5.52 Å². The third-order valence-electron chi connectivity index (χ3n) is 4.88. The molecule has 0 bridgehead atoms. The summed E-state index contributed by atoms with van der Waals surface area (Å²) >= 11 is 0. The number of rotatable bonds is 3. The molecule has 0 aliphatic heterocycles. The molecule has 1 aromatic carbocycles. The molecule has 2 aromatic heterocycles. The summed E-state index contributed by atoms with van der Waals surface area (Å²) in [5.74, 6) is 0.655. The van der Waals surface area contributed by atoms with Crippen LogP contribution in [0.5, 0.6) is 0 Å². The summed E-state index contributed by atoms with van der Waals surface area (Å²) in [6.45, 7) is 0. The highest BCUT2D eigenvalue weighted by Crippen LogP contribution is 2.36. The maximum absolute atomic E-state index is 12.3. The van der Waals surface area contributed by atoms with Crippen LogP contribution >= 0.6 is 0 Å². The maximum atomic E-state index is 12.3. The number of aryl methyl sites for hydroxylation is 1. The van der Waals surface area contributed by atoms with Crippen LogP contribution in [-0.4, -0.2) is 39.8 Å². The van der Waals surface area contributed by atoms with Crippen molar-refractivity contribution in [1.82, 2.24) is 19.7 Å². The Labute approximate surface area is 146 Å². The molecule has 4 rings (SSSR count). The van der Waals surface area contributed by atoms with Crippen LogP contribution < -0.4 is 10.9 Å². The van der Waals surface area contributed by atoms with E-state index in [2.05, 4.69) is 58.7 Å². The van der Waals surface area contributed by atoms with E-state index in [9.17, 15) is 4.79 Å². The summed E-state index contributed by atoms with van der Waals surface area (Å²) in [4.78, 5) is 18.9. The number of pyridine rings is 1. The van der Waals surface area contributed by atoms with Crippen molar-refractivity contribution < 1.29 is 0 Å². The Kier molecular flexibility index (Phi) is 3.77. The molecule has 2 heterocycles. The van der Waals surface area contributed by atoms with E-state index in [0.29, 0.717) is 16.7 Å². The van der Waals surface area contributed by atoms with Gasteiger partial charge in [-0.05, 0) is 43.8 Å². The molecule has 1 N–H and O–H groups in total. The Bertz CT molecular complexity index is 995. The molecule has 0 fully saturated rings. The van der Waals surface area contributed by atoms with Crippen molar-refractivity contribution in [2.45, 2.75) is 18.5 Å². The lowest BCUT2D eigenvalue weighted by Crippen LogP contribution is -2.35. The maximum Gasteiger partial charge on any atom is 0.276 e. The van der Waals surface area contributed by atoms with Gasteiger partial charge in [-0.3, -0.25) is 9.78 Å². The lowest BCUT2D eigenvalue weighted by molar-refractivity contribution is 0.282. The van der Waals surface area contributed by atoms with Crippen molar-refractivity contribution in [3.63, 3.8) is 0 Å². The highest BCUT2D eigenvalue weighted by Gasteiger charge is 2.34. The van der Waals surface area contributed by atoms with Crippen LogP contribution in [0.15, 0.2) is 47.4 Å². The molecule has 6 nitrogen and oxygen atoms in total. The van der Waals surface area contributed by atoms with Crippen molar-refractivity contribution in [3.8, 4) is 0 Å². The van der Waals surface area contributed by atoms with Crippen LogP contribution in [0.1, 0.15) is 17.2 Å². The number of nitrogens with zero attached hydrogens (tertiary/aromatic N) is 4. The zero-order chi connectivity index (χ0) is 17.6. The van der Waals surface area contributed by atoms with E-state index in [0.717, 1.165) is 6.42 Å². The lowest BCUT2D eigenvalue weighted by Gasteiger charge is -2.28. The van der Waals surface area contributed by atoms with E-state index in [1.54, 1.807) is 25.4 Å². The van der Waals surface area contributed by atoms with Gasteiger partial charge in [-0.25, -0.2) is 4.68 Å². The van der Waals surface area contributed by atoms with Gasteiger partial charge >= 0.3 is 0 Å². The number of hydrogen-bond acceptors (Lipinski definition) is 5. The first-order valence-corrected chi connectivity index (χ1v) is 8.39. The monoisotopic (exact) mass is 335 g/mol. The topological polar surface area (TPSA) is 63.1 Å². The predicted octanol–water partition coefficient (Wildman–Crippen LogP) is 1.97. The summed E-state index contributed by atoms with van der Waals surface area (Å²) in [7, 11) is 5.85. The zero-order valence-electron chi connectivity index (χ0n) is 14.6. The molecular weight excluding hydrogens is 314 g/mol. The van der Waals surface area contributed by atoms with Crippen molar-refractivity contribution in [2.24, 2.45) is 7.05 Å². The summed E-state index contributed by atoms with van der Waals surface area (Å²) in [5.41, 5.74) is 3.18. The third-order valence-corrected chi connectivity index (χ3v) is 4.88. The highest BCUT2D eigenvalue weighted by molar-refractivity contribution is 5.87. The summed E-state index contributed by atoms with van der Waals surface area (Å²) < 4.78 is 1.37. The Morgan fingerprint density at radius 3 is 2.80 bits per heavy atom. The average Bonchev–Trinajstić information content (AvgIpc) is 2.97. The molecule has 6 heteroatoms. The Morgan fingerprint density at radius 1 is 1.20 bits per heavy atom. The number of anilines is 1. The van der Waals surface area contributed by atoms with E-state index in [1.807, 2.05) is 0 Å². The third kappa shape index (κ3) is 2.59. The lowest BCUT2D eigenvalue weighted by atomic mass is 10.1. The van der Waals surface area contributed by atoms with Gasteiger partial charge in [-0.2, -0.15) is 5.10 Å². The minimum absolute atomic E-state index is 0.132. The van der Waals surface area contributed by atoms with Gasteiger partial charge in [-0.1, -0.05) is 24.3 Å². The minimum atomic E-state index is -0.132. The van der Waals surface area contributed by atoms with Gasteiger partial charge in [0, 0.05) is 13.2 Å². The number of hydrogen-bond donors (Lipinski definition) is 1. The highest BCUT2D eigenvalue weighted by atomic mass is 16.1. The predicted molar refractivity (Wildman–Crippen MR) is 98.8 cm³/mol. The van der Waals surface area contributed by atoms with Gasteiger partial charge < -0.3 is 10.2 Å². The molecule has 0 saturated heterocycles. The van der Waals surface area contributed by atoms with Gasteiger partial charge in [0.15, 0.2) is 5.82 Å². The number of aromatic nitrogens is 3. The molecule has 0 amide bonds. The number of fused-ring (bicyclic) bond motifs is 2. The molecule has 0 radical (unpaired) electrons. The van der Waals surface area contributed by atoms with E-state index >= 15 is 0 Å². The fraction of sp³-hybridized carbons (Fsp3) is 0.316. The smallest absolute Gasteiger partial charge is 0.276 e. The first kappa shape index (κ1) is 15.8. The Morgan fingerprint density at radius 2 is 2.00 bits per heavy atom. The average molecular weight is 335 g/mol. The van der Waals surface area contributed by atoms with Crippen molar-refractivity contribution >= 4 is 16.7 Å². The molecule has 2 atom stereocenters. The number of nitrogens with one attached hydrogen (secondary N) is 1. The van der Waals surface area contributed by atoms with Crippen LogP contribution in [0.2, 0.25) is 0 Å². The standard InChI is InChI=1S/C19H21N5O/c1-23(2)17-13-8-5-4-7-12(13)11-15(17)21-18-16-14(9-6-10-20-16)19(25)24(3)22-18/h4-10,15,17H,11H2,1-3H3,(H,21,22)/t15?,17-/m0/s1. The van der Waals surface area contributed by atoms with E-state index in [4.69, 9.17) is 0 Å². The second-order valence-corrected chi connectivity index (χ2v) is 6.74. The van der Waals surface area contributed by atoms with E-state index in [1.165, 1.54) is 15.8 Å². The molecule has 25 heavy (non-hydrogen) atoms. The first-order chi connectivity index (χ1) is 12.1. The second-order valence-electron chi connectivity index (χ2n) is 6.74. The fourth-order valence-electron chi connectivity index (χ4n) is 3.80. The fourth-order valence-corrected chi connectivity index (χ4v) is 3.80. The molecule has 0 spiro atoms. The van der Waals surface area contributed by atoms with Crippen LogP contribution in [0.3, 0.4) is 0 Å². The largest absolute Gasteiger partial charge is 0.362 e. The molecule has 0 saturated carbocycles. The van der Waals surface area contributed by atoms with Gasteiger partial charge in [-0.15, -0.1) is 0 Å². The minimum Gasteiger partial charge on any atom is -0.362 e. The number of likely N-dealkylation sites (N-methyl/N-ethyl adjacent to an activating group) is 1. The quantitative estimate of drug-likeness (QED) is 0.793. The Hall–Kier alpha value is -2.73. The summed E-state index contributed by atoms with van der Waals surface area (Å²) in [6.07, 6.45) is 2.61. The second kappa shape index (κ2) is 5.97. The van der Waals surface area contributed by atoms with Crippen LogP contribution in [0, 0.1) is 0 Å². The van der Waals surface area contributed by atoms with Crippen molar-refractivity contribution in [3.05, 3.63) is 64.1 Å². The summed E-state index contributed by atoms with van der Waals surface area (Å²) in [6, 6.07) is 12.5. The molecular formula is C19H21N5O. The Balaban J connectivity index is 1.77.